The molecule has 0 bridgehead atoms. The van der Waals surface area contributed by atoms with Crippen molar-refractivity contribution in [2.45, 2.75) is 6.42 Å². The maximum atomic E-state index is 12.1. The Morgan fingerprint density at radius 2 is 2.10 bits per heavy atom. The number of anilines is 1. The van der Waals surface area contributed by atoms with Crippen LogP contribution in [0.25, 0.3) is 0 Å². The first-order valence-corrected chi connectivity index (χ1v) is 7.22. The molecule has 0 aromatic heterocycles. The Kier molecular flexibility index (Phi) is 3.49. The van der Waals surface area contributed by atoms with E-state index in [1.165, 1.54) is 6.07 Å². The van der Waals surface area contributed by atoms with Gasteiger partial charge in [-0.25, -0.2) is 0 Å². The molecule has 2 amide bonds. The molecule has 20 heavy (non-hydrogen) atoms. The van der Waals surface area contributed by atoms with Crippen LogP contribution in [0, 0.1) is 5.92 Å². The van der Waals surface area contributed by atoms with E-state index in [-0.39, 0.29) is 18.2 Å². The normalized spacial score (nSPS) is 19.5. The van der Waals surface area contributed by atoms with Crippen molar-refractivity contribution >= 4 is 63.4 Å². The molecule has 0 aliphatic carbocycles. The molecule has 2 N–H and O–H groups in total. The van der Waals surface area contributed by atoms with Crippen LogP contribution in [0.2, 0.25) is 10.0 Å². The highest BCUT2D eigenvalue weighted by atomic mass is 35.5. The third-order valence-corrected chi connectivity index (χ3v) is 4.15. The van der Waals surface area contributed by atoms with Gasteiger partial charge in [0.05, 0.1) is 33.0 Å². The highest BCUT2D eigenvalue weighted by molar-refractivity contribution is 7.58. The average Bonchev–Trinajstić information content (AvgIpc) is 3.02. The fourth-order valence-corrected chi connectivity index (χ4v) is 3.17. The molecule has 2 aliphatic rings. The molecule has 1 fully saturated rings. The van der Waals surface area contributed by atoms with Crippen molar-refractivity contribution in [3.05, 3.63) is 16.1 Å². The average molecular weight is 331 g/mol. The summed E-state index contributed by atoms with van der Waals surface area (Å²) in [5.41, 5.74) is 1.33. The molecular formula is C11H8Cl2N4O2S. The third kappa shape index (κ3) is 2.32. The van der Waals surface area contributed by atoms with Crippen molar-refractivity contribution in [3.63, 3.8) is 0 Å². The summed E-state index contributed by atoms with van der Waals surface area (Å²) in [5, 5.41) is 6.00. The standard InChI is InChI=1S/C11H8Cl2N4O2S/c12-5-2-6(13)9-10(17-20-16-9)8(5)15-11(19)4-1-7(18)14-3-4/h2,4H,1,3H2,(H,14,18)(H,15,19). The van der Waals surface area contributed by atoms with Gasteiger partial charge in [0.25, 0.3) is 0 Å². The number of benzene rings is 1. The summed E-state index contributed by atoms with van der Waals surface area (Å²) in [6, 6.07) is 1.51. The number of nitrogens with zero attached hydrogens (tertiary/aromatic N) is 2. The molecule has 1 atom stereocenters. The van der Waals surface area contributed by atoms with Crippen LogP contribution in [0.4, 0.5) is 17.1 Å². The number of hydrogen-bond donors (Lipinski definition) is 2. The van der Waals surface area contributed by atoms with E-state index in [2.05, 4.69) is 19.4 Å². The van der Waals surface area contributed by atoms with Gasteiger partial charge in [0.2, 0.25) is 11.8 Å². The Morgan fingerprint density at radius 3 is 2.80 bits per heavy atom. The second-order valence-corrected chi connectivity index (χ2v) is 5.71. The smallest absolute Gasteiger partial charge is 0.229 e. The second kappa shape index (κ2) is 5.16. The largest absolute Gasteiger partial charge is 0.355 e. The molecule has 2 aliphatic heterocycles. The van der Waals surface area contributed by atoms with Gasteiger partial charge >= 0.3 is 0 Å². The molecule has 1 unspecified atom stereocenters. The lowest BCUT2D eigenvalue weighted by molar-refractivity contribution is -0.123. The zero-order valence-corrected chi connectivity index (χ0v) is 12.3. The van der Waals surface area contributed by atoms with E-state index >= 15 is 0 Å². The van der Waals surface area contributed by atoms with Gasteiger partial charge in [-0.15, -0.1) is 0 Å². The van der Waals surface area contributed by atoms with Crippen LogP contribution >= 0.6 is 23.2 Å². The van der Waals surface area contributed by atoms with Crippen LogP contribution in [0.15, 0.2) is 14.8 Å². The van der Waals surface area contributed by atoms with Crippen LogP contribution in [-0.2, 0) is 20.9 Å². The second-order valence-electron chi connectivity index (χ2n) is 4.37. The molecule has 3 rings (SSSR count). The predicted molar refractivity (Wildman–Crippen MR) is 77.7 cm³/mol. The number of hydrogen-bond acceptors (Lipinski definition) is 4. The number of amides is 2. The van der Waals surface area contributed by atoms with Gasteiger partial charge in [-0.05, 0) is 6.07 Å². The summed E-state index contributed by atoms with van der Waals surface area (Å²) in [6.45, 7) is 0.328. The molecule has 9 heteroatoms. The molecule has 1 saturated heterocycles. The number of rotatable bonds is 2. The van der Waals surface area contributed by atoms with Crippen molar-refractivity contribution in [2.24, 2.45) is 14.6 Å². The van der Waals surface area contributed by atoms with Crippen LogP contribution in [-0.4, -0.2) is 18.4 Å². The van der Waals surface area contributed by atoms with Gasteiger partial charge in [-0.1, -0.05) is 23.2 Å². The van der Waals surface area contributed by atoms with Gasteiger partial charge in [0.1, 0.15) is 11.4 Å². The maximum absolute atomic E-state index is 12.1. The fourth-order valence-electron chi connectivity index (χ4n) is 2.01. The Hall–Kier alpha value is -1.44. The zero-order chi connectivity index (χ0) is 14.3. The minimum Gasteiger partial charge on any atom is -0.355 e. The van der Waals surface area contributed by atoms with Crippen LogP contribution in [0.5, 0.6) is 0 Å². The Morgan fingerprint density at radius 1 is 1.35 bits per heavy atom. The van der Waals surface area contributed by atoms with Crippen molar-refractivity contribution in [1.29, 1.82) is 0 Å². The maximum Gasteiger partial charge on any atom is 0.229 e. The fraction of sp³-hybridized carbons (Fsp3) is 0.273. The molecule has 1 aromatic rings. The van der Waals surface area contributed by atoms with Gasteiger partial charge in [0.15, 0.2) is 0 Å². The molecular weight excluding hydrogens is 323 g/mol. The molecule has 1 aromatic carbocycles. The van der Waals surface area contributed by atoms with E-state index < -0.39 is 5.92 Å². The molecule has 104 valence electrons. The quantitative estimate of drug-likeness (QED) is 0.887. The first kappa shape index (κ1) is 13.5. The summed E-state index contributed by atoms with van der Waals surface area (Å²) in [7, 11) is 0. The first-order valence-electron chi connectivity index (χ1n) is 5.74. The number of carbonyl (C=O) groups is 2. The number of halogens is 2. The van der Waals surface area contributed by atoms with E-state index in [4.69, 9.17) is 23.2 Å². The molecule has 2 heterocycles. The SMILES string of the molecule is O=C1CC(C(=O)Nc2c(Cl)cc(Cl)c3c2N=S=N3)CN1. The third-order valence-electron chi connectivity index (χ3n) is 3.04. The van der Waals surface area contributed by atoms with Crippen molar-refractivity contribution < 1.29 is 9.59 Å². The number of fused-ring (bicyclic) bond motifs is 1. The Bertz CT molecular complexity index is 700. The van der Waals surface area contributed by atoms with E-state index in [0.29, 0.717) is 33.7 Å². The van der Waals surface area contributed by atoms with Gasteiger partial charge < -0.3 is 10.6 Å². The zero-order valence-electron chi connectivity index (χ0n) is 9.94. The first-order chi connectivity index (χ1) is 9.56. The number of nitrogens with one attached hydrogen (secondary N) is 2. The lowest BCUT2D eigenvalue weighted by Crippen LogP contribution is -2.24. The number of carbonyl (C=O) groups excluding carboxylic acids is 2. The highest BCUT2D eigenvalue weighted by Gasteiger charge is 2.29. The van der Waals surface area contributed by atoms with Crippen LogP contribution in [0.1, 0.15) is 6.42 Å². The highest BCUT2D eigenvalue weighted by Crippen LogP contribution is 2.47. The summed E-state index contributed by atoms with van der Waals surface area (Å²) in [6.07, 6.45) is 0.176. The molecule has 0 radical (unpaired) electrons. The summed E-state index contributed by atoms with van der Waals surface area (Å²) in [4.78, 5) is 23.3. The van der Waals surface area contributed by atoms with Crippen LogP contribution in [0.3, 0.4) is 0 Å². The lowest BCUT2D eigenvalue weighted by Gasteiger charge is -2.13. The van der Waals surface area contributed by atoms with Crippen molar-refractivity contribution in [1.82, 2.24) is 5.32 Å². The lowest BCUT2D eigenvalue weighted by atomic mass is 10.1. The van der Waals surface area contributed by atoms with Crippen LogP contribution < -0.4 is 10.6 Å². The Balaban J connectivity index is 1.89. The van der Waals surface area contributed by atoms with Gasteiger partial charge in [0, 0.05) is 13.0 Å². The molecule has 0 spiro atoms. The minimum absolute atomic E-state index is 0.132. The van der Waals surface area contributed by atoms with E-state index in [1.54, 1.807) is 0 Å². The monoisotopic (exact) mass is 330 g/mol. The molecule has 0 saturated carbocycles. The topological polar surface area (TPSA) is 82.9 Å². The summed E-state index contributed by atoms with van der Waals surface area (Å²) < 4.78 is 8.16. The summed E-state index contributed by atoms with van der Waals surface area (Å²) in [5.74, 6) is -0.814. The minimum atomic E-state index is -0.407. The van der Waals surface area contributed by atoms with Gasteiger partial charge in [-0.2, -0.15) is 8.73 Å². The van der Waals surface area contributed by atoms with Crippen molar-refractivity contribution in [2.75, 3.05) is 11.9 Å². The predicted octanol–water partition coefficient (Wildman–Crippen LogP) is 2.79. The van der Waals surface area contributed by atoms with Gasteiger partial charge in [-0.3, -0.25) is 9.59 Å². The van der Waals surface area contributed by atoms with E-state index in [9.17, 15) is 9.59 Å². The summed E-state index contributed by atoms with van der Waals surface area (Å²) >= 11 is 13.1. The molecule has 6 nitrogen and oxygen atoms in total. The van der Waals surface area contributed by atoms with E-state index in [0.717, 1.165) is 11.4 Å². The van der Waals surface area contributed by atoms with E-state index in [1.807, 2.05) is 0 Å². The van der Waals surface area contributed by atoms with Crippen molar-refractivity contribution in [3.8, 4) is 0 Å². The Labute approximate surface area is 127 Å².